The Kier molecular flexibility index (Phi) is 6.36. The van der Waals surface area contributed by atoms with Crippen LogP contribution in [-0.4, -0.2) is 42.4 Å². The number of rotatable bonds is 4. The van der Waals surface area contributed by atoms with Gasteiger partial charge in [0.2, 0.25) is 0 Å². The molecule has 2 N–H and O–H groups in total. The van der Waals surface area contributed by atoms with Gasteiger partial charge in [0.25, 0.3) is 0 Å². The number of hydrogen-bond donors (Lipinski definition) is 2. The monoisotopic (exact) mass is 248 g/mol. The Bertz CT molecular complexity index is 196. The van der Waals surface area contributed by atoms with Gasteiger partial charge in [-0.1, -0.05) is 0 Å². The maximum absolute atomic E-state index is 5.24. The van der Waals surface area contributed by atoms with Gasteiger partial charge < -0.3 is 15.4 Å². The Morgan fingerprint density at radius 3 is 3.07 bits per heavy atom. The second-order valence-electron chi connectivity index (χ2n) is 3.89. The second kappa shape index (κ2) is 7.30. The molecular formula is C10H20N2OS2. The van der Waals surface area contributed by atoms with E-state index in [1.807, 2.05) is 11.8 Å². The van der Waals surface area contributed by atoms with Crippen molar-refractivity contribution in [2.24, 2.45) is 0 Å². The molecule has 0 spiro atoms. The Balaban J connectivity index is 2.16. The van der Waals surface area contributed by atoms with Crippen molar-refractivity contribution in [2.45, 2.75) is 31.8 Å². The van der Waals surface area contributed by atoms with E-state index >= 15 is 0 Å². The summed E-state index contributed by atoms with van der Waals surface area (Å²) in [6.07, 6.45) is 2.52. The zero-order valence-corrected chi connectivity index (χ0v) is 11.0. The lowest BCUT2D eigenvalue weighted by molar-refractivity contribution is 0.179. The molecule has 0 bridgehead atoms. The van der Waals surface area contributed by atoms with E-state index in [4.69, 9.17) is 17.0 Å². The molecule has 1 aliphatic rings. The third-order valence-corrected chi connectivity index (χ3v) is 3.74. The predicted octanol–water partition coefficient (Wildman–Crippen LogP) is 1.38. The fourth-order valence-electron chi connectivity index (χ4n) is 1.60. The maximum atomic E-state index is 5.24. The summed E-state index contributed by atoms with van der Waals surface area (Å²) in [7, 11) is 1.70. The summed E-state index contributed by atoms with van der Waals surface area (Å²) in [5.74, 6) is 2.46. The molecule has 88 valence electrons. The van der Waals surface area contributed by atoms with E-state index in [9.17, 15) is 0 Å². The van der Waals surface area contributed by atoms with Crippen LogP contribution in [0.15, 0.2) is 0 Å². The summed E-state index contributed by atoms with van der Waals surface area (Å²) in [6, 6.07) is 0.810. The van der Waals surface area contributed by atoms with Gasteiger partial charge in [-0.05, 0) is 37.7 Å². The highest BCUT2D eigenvalue weighted by Gasteiger charge is 2.14. The summed E-state index contributed by atoms with van der Waals surface area (Å²) < 4.78 is 5.04. The van der Waals surface area contributed by atoms with Gasteiger partial charge in [-0.15, -0.1) is 0 Å². The Morgan fingerprint density at radius 2 is 2.47 bits per heavy atom. The summed E-state index contributed by atoms with van der Waals surface area (Å²) >= 11 is 7.24. The van der Waals surface area contributed by atoms with Gasteiger partial charge in [0.15, 0.2) is 5.11 Å². The molecular weight excluding hydrogens is 228 g/mol. The van der Waals surface area contributed by atoms with Gasteiger partial charge in [-0.25, -0.2) is 0 Å². The van der Waals surface area contributed by atoms with E-state index in [0.717, 1.165) is 5.11 Å². The maximum Gasteiger partial charge on any atom is 0.166 e. The molecule has 0 radical (unpaired) electrons. The van der Waals surface area contributed by atoms with E-state index < -0.39 is 0 Å². The normalized spacial score (nSPS) is 23.2. The molecule has 5 heteroatoms. The van der Waals surface area contributed by atoms with Gasteiger partial charge in [0, 0.05) is 24.9 Å². The van der Waals surface area contributed by atoms with Crippen LogP contribution in [0.1, 0.15) is 19.8 Å². The number of thiocarbonyl (C=S) groups is 1. The summed E-state index contributed by atoms with van der Waals surface area (Å²) in [6.45, 7) is 2.74. The Labute approximate surface area is 102 Å². The Morgan fingerprint density at radius 1 is 1.67 bits per heavy atom. The average Bonchev–Trinajstić information content (AvgIpc) is 2.19. The first-order valence-corrected chi connectivity index (χ1v) is 6.92. The molecule has 1 saturated heterocycles. The Hall–Kier alpha value is 0. The molecule has 0 saturated carbocycles. The second-order valence-corrected chi connectivity index (χ2v) is 5.45. The van der Waals surface area contributed by atoms with Crippen molar-refractivity contribution < 1.29 is 4.74 Å². The smallest absolute Gasteiger partial charge is 0.166 e. The van der Waals surface area contributed by atoms with Crippen LogP contribution >= 0.6 is 24.0 Å². The predicted molar refractivity (Wildman–Crippen MR) is 70.6 cm³/mol. The van der Waals surface area contributed by atoms with Crippen LogP contribution < -0.4 is 10.6 Å². The molecule has 0 aliphatic carbocycles. The van der Waals surface area contributed by atoms with Crippen molar-refractivity contribution in [1.82, 2.24) is 10.6 Å². The number of nitrogens with one attached hydrogen (secondary N) is 2. The van der Waals surface area contributed by atoms with Crippen molar-refractivity contribution in [3.05, 3.63) is 0 Å². The van der Waals surface area contributed by atoms with Crippen LogP contribution in [0.3, 0.4) is 0 Å². The third-order valence-electron chi connectivity index (χ3n) is 2.29. The third kappa shape index (κ3) is 5.58. The highest BCUT2D eigenvalue weighted by atomic mass is 32.2. The molecule has 1 fully saturated rings. The standard InChI is InChI=1S/C10H20N2OS2/c1-8(6-13-2)11-10(14)12-9-4-3-5-15-7-9/h8-9H,3-7H2,1-2H3,(H2,11,12,14). The van der Waals surface area contributed by atoms with Crippen LogP contribution in [0.5, 0.6) is 0 Å². The lowest BCUT2D eigenvalue weighted by Crippen LogP contribution is -2.47. The van der Waals surface area contributed by atoms with Gasteiger partial charge in [0.1, 0.15) is 0 Å². The number of ether oxygens (including phenoxy) is 1. The SMILES string of the molecule is COCC(C)NC(=S)NC1CCCSC1. The number of hydrogen-bond acceptors (Lipinski definition) is 3. The topological polar surface area (TPSA) is 33.3 Å². The highest BCUT2D eigenvalue weighted by molar-refractivity contribution is 7.99. The molecule has 3 nitrogen and oxygen atoms in total. The minimum absolute atomic E-state index is 0.270. The first-order chi connectivity index (χ1) is 7.22. The zero-order valence-electron chi connectivity index (χ0n) is 9.41. The fraction of sp³-hybridized carbons (Fsp3) is 0.900. The first kappa shape index (κ1) is 13.1. The molecule has 1 heterocycles. The van der Waals surface area contributed by atoms with Gasteiger partial charge in [-0.2, -0.15) is 11.8 Å². The minimum atomic E-state index is 0.270. The quantitative estimate of drug-likeness (QED) is 0.735. The molecule has 2 unspecified atom stereocenters. The van der Waals surface area contributed by atoms with E-state index in [1.54, 1.807) is 7.11 Å². The van der Waals surface area contributed by atoms with Crippen LogP contribution in [-0.2, 0) is 4.74 Å². The van der Waals surface area contributed by atoms with E-state index in [-0.39, 0.29) is 6.04 Å². The lowest BCUT2D eigenvalue weighted by atomic mass is 10.2. The summed E-state index contributed by atoms with van der Waals surface area (Å²) in [4.78, 5) is 0. The number of thioether (sulfide) groups is 1. The number of methoxy groups -OCH3 is 1. The molecule has 2 atom stereocenters. The van der Waals surface area contributed by atoms with Crippen molar-refractivity contribution in [3.8, 4) is 0 Å². The van der Waals surface area contributed by atoms with Crippen LogP contribution in [0.25, 0.3) is 0 Å². The molecule has 15 heavy (non-hydrogen) atoms. The van der Waals surface area contributed by atoms with E-state index in [0.29, 0.717) is 12.6 Å². The molecule has 0 aromatic carbocycles. The van der Waals surface area contributed by atoms with Gasteiger partial charge >= 0.3 is 0 Å². The minimum Gasteiger partial charge on any atom is -0.383 e. The summed E-state index contributed by atoms with van der Waals surface area (Å²) in [5, 5.41) is 7.32. The van der Waals surface area contributed by atoms with Crippen molar-refractivity contribution in [3.63, 3.8) is 0 Å². The van der Waals surface area contributed by atoms with E-state index in [1.165, 1.54) is 24.3 Å². The zero-order chi connectivity index (χ0) is 11.1. The molecule has 1 aliphatic heterocycles. The lowest BCUT2D eigenvalue weighted by Gasteiger charge is -2.25. The van der Waals surface area contributed by atoms with Gasteiger partial charge in [-0.3, -0.25) is 0 Å². The van der Waals surface area contributed by atoms with Crippen LogP contribution in [0, 0.1) is 0 Å². The van der Waals surface area contributed by atoms with Crippen molar-refractivity contribution in [2.75, 3.05) is 25.2 Å². The van der Waals surface area contributed by atoms with E-state index in [2.05, 4.69) is 17.6 Å². The highest BCUT2D eigenvalue weighted by Crippen LogP contribution is 2.16. The molecule has 0 aromatic heterocycles. The summed E-state index contributed by atoms with van der Waals surface area (Å²) in [5.41, 5.74) is 0. The molecule has 1 rings (SSSR count). The van der Waals surface area contributed by atoms with Gasteiger partial charge in [0.05, 0.1) is 6.61 Å². The average molecular weight is 248 g/mol. The fourth-order valence-corrected chi connectivity index (χ4v) is 3.04. The van der Waals surface area contributed by atoms with Crippen LogP contribution in [0.4, 0.5) is 0 Å². The van der Waals surface area contributed by atoms with Crippen molar-refractivity contribution >= 4 is 29.1 Å². The molecule has 0 amide bonds. The first-order valence-electron chi connectivity index (χ1n) is 5.36. The van der Waals surface area contributed by atoms with Crippen LogP contribution in [0.2, 0.25) is 0 Å². The molecule has 0 aromatic rings. The van der Waals surface area contributed by atoms with Crippen molar-refractivity contribution in [1.29, 1.82) is 0 Å². The largest absolute Gasteiger partial charge is 0.383 e.